The number of aromatic nitrogens is 1. The van der Waals surface area contributed by atoms with E-state index < -0.39 is 5.97 Å². The molecule has 0 bridgehead atoms. The third-order valence-electron chi connectivity index (χ3n) is 3.56. The molecule has 0 aliphatic carbocycles. The Morgan fingerprint density at radius 3 is 2.54 bits per heavy atom. The van der Waals surface area contributed by atoms with E-state index in [0.29, 0.717) is 37.6 Å². The van der Waals surface area contributed by atoms with Gasteiger partial charge in [-0.3, -0.25) is 0 Å². The molecule has 4 nitrogen and oxygen atoms in total. The maximum absolute atomic E-state index is 11.6. The molecule has 0 spiro atoms. The van der Waals surface area contributed by atoms with Crippen LogP contribution in [0.2, 0.25) is 10.0 Å². The maximum atomic E-state index is 11.6. The van der Waals surface area contributed by atoms with Crippen molar-refractivity contribution in [2.24, 2.45) is 0 Å². The minimum atomic E-state index is -1.14. The molecule has 2 aromatic carbocycles. The summed E-state index contributed by atoms with van der Waals surface area (Å²) < 4.78 is 0. The lowest BCUT2D eigenvalue weighted by molar-refractivity contribution is 0.0691. The number of hydrogen-bond acceptors (Lipinski definition) is 2. The Kier molecular flexibility index (Phi) is 4.30. The van der Waals surface area contributed by atoms with Gasteiger partial charge in [0.05, 0.1) is 16.7 Å². The molecule has 0 amide bonds. The third-order valence-corrected chi connectivity index (χ3v) is 4.08. The van der Waals surface area contributed by atoms with Crippen LogP contribution in [0, 0.1) is 11.3 Å². The van der Waals surface area contributed by atoms with E-state index in [9.17, 15) is 15.2 Å². The first kappa shape index (κ1) is 16.1. The molecule has 1 heterocycles. The quantitative estimate of drug-likeness (QED) is 0.630. The largest absolute Gasteiger partial charge is 0.477 e. The van der Waals surface area contributed by atoms with E-state index in [2.05, 4.69) is 11.1 Å². The summed E-state index contributed by atoms with van der Waals surface area (Å²) in [5, 5.41) is 20.2. The van der Waals surface area contributed by atoms with Gasteiger partial charge in [-0.05, 0) is 23.8 Å². The Balaban J connectivity index is 2.32. The molecular formula is C18H10Cl2N2O2. The molecule has 0 aliphatic rings. The molecule has 1 aromatic heterocycles. The lowest BCUT2D eigenvalue weighted by Gasteiger charge is -2.01. The van der Waals surface area contributed by atoms with Gasteiger partial charge in [0.1, 0.15) is 5.69 Å². The SMILES string of the molecule is N#CC(=Cc1c(C(=O)O)[nH]c2cc(Cl)cc(Cl)c12)c1ccccc1. The maximum Gasteiger partial charge on any atom is 0.352 e. The van der Waals surface area contributed by atoms with E-state index in [4.69, 9.17) is 23.2 Å². The number of nitrogens with one attached hydrogen (secondary N) is 1. The van der Waals surface area contributed by atoms with Crippen LogP contribution in [0.4, 0.5) is 0 Å². The summed E-state index contributed by atoms with van der Waals surface area (Å²) in [6, 6.07) is 14.3. The van der Waals surface area contributed by atoms with Crippen LogP contribution in [0.15, 0.2) is 42.5 Å². The van der Waals surface area contributed by atoms with Crippen LogP contribution in [0.3, 0.4) is 0 Å². The number of carboxylic acid groups (broad SMARTS) is 1. The number of H-pyrrole nitrogens is 1. The van der Waals surface area contributed by atoms with Gasteiger partial charge in [-0.1, -0.05) is 53.5 Å². The number of nitriles is 1. The second-order valence-electron chi connectivity index (χ2n) is 5.06. The van der Waals surface area contributed by atoms with Crippen LogP contribution < -0.4 is 0 Å². The lowest BCUT2D eigenvalue weighted by atomic mass is 10.0. The van der Waals surface area contributed by atoms with Crippen LogP contribution in [-0.2, 0) is 0 Å². The van der Waals surface area contributed by atoms with Gasteiger partial charge in [-0.25, -0.2) is 4.79 Å². The fourth-order valence-corrected chi connectivity index (χ4v) is 3.12. The Bertz CT molecular complexity index is 1010. The Hall–Kier alpha value is -2.74. The molecule has 118 valence electrons. The van der Waals surface area contributed by atoms with Crippen LogP contribution in [0.5, 0.6) is 0 Å². The fourth-order valence-electron chi connectivity index (χ4n) is 2.53. The molecule has 3 rings (SSSR count). The summed E-state index contributed by atoms with van der Waals surface area (Å²) in [5.74, 6) is -1.14. The summed E-state index contributed by atoms with van der Waals surface area (Å²) in [4.78, 5) is 14.4. The highest BCUT2D eigenvalue weighted by molar-refractivity contribution is 6.39. The molecule has 0 radical (unpaired) electrons. The number of carboxylic acids is 1. The van der Waals surface area contributed by atoms with Gasteiger partial charge in [0.25, 0.3) is 0 Å². The molecule has 2 N–H and O–H groups in total. The number of halogens is 2. The molecule has 3 aromatic rings. The molecule has 0 unspecified atom stereocenters. The Morgan fingerprint density at radius 2 is 1.92 bits per heavy atom. The number of benzene rings is 2. The normalized spacial score (nSPS) is 11.5. The van der Waals surface area contributed by atoms with E-state index >= 15 is 0 Å². The number of allylic oxidation sites excluding steroid dienone is 1. The summed E-state index contributed by atoms with van der Waals surface area (Å²) in [7, 11) is 0. The van der Waals surface area contributed by atoms with Gasteiger partial charge in [0, 0.05) is 21.5 Å². The minimum absolute atomic E-state index is 0.0437. The predicted molar refractivity (Wildman–Crippen MR) is 95.2 cm³/mol. The smallest absolute Gasteiger partial charge is 0.352 e. The second kappa shape index (κ2) is 6.40. The van der Waals surface area contributed by atoms with Crippen molar-refractivity contribution < 1.29 is 9.90 Å². The van der Waals surface area contributed by atoms with Gasteiger partial charge in [-0.2, -0.15) is 5.26 Å². The molecule has 24 heavy (non-hydrogen) atoms. The lowest BCUT2D eigenvalue weighted by Crippen LogP contribution is -1.98. The summed E-state index contributed by atoms with van der Waals surface area (Å²) in [5.41, 5.74) is 1.83. The number of aromatic amines is 1. The van der Waals surface area contributed by atoms with Crippen molar-refractivity contribution in [1.82, 2.24) is 4.98 Å². The molecule has 0 saturated carbocycles. The van der Waals surface area contributed by atoms with E-state index in [-0.39, 0.29) is 5.69 Å². The summed E-state index contributed by atoms with van der Waals surface area (Å²) in [6.07, 6.45) is 1.53. The summed E-state index contributed by atoms with van der Waals surface area (Å²) in [6.45, 7) is 0. The highest BCUT2D eigenvalue weighted by atomic mass is 35.5. The van der Waals surface area contributed by atoms with Crippen molar-refractivity contribution in [1.29, 1.82) is 5.26 Å². The number of hydrogen-bond donors (Lipinski definition) is 2. The Morgan fingerprint density at radius 1 is 1.21 bits per heavy atom. The first-order chi connectivity index (χ1) is 11.5. The van der Waals surface area contributed by atoms with Gasteiger partial charge in [0.15, 0.2) is 0 Å². The highest BCUT2D eigenvalue weighted by Crippen LogP contribution is 2.34. The topological polar surface area (TPSA) is 76.9 Å². The number of nitrogens with zero attached hydrogens (tertiary/aromatic N) is 1. The second-order valence-corrected chi connectivity index (χ2v) is 5.91. The van der Waals surface area contributed by atoms with Gasteiger partial charge < -0.3 is 10.1 Å². The van der Waals surface area contributed by atoms with Gasteiger partial charge in [-0.15, -0.1) is 0 Å². The average molecular weight is 357 g/mol. The predicted octanol–water partition coefficient (Wildman–Crippen LogP) is 5.24. The fraction of sp³-hybridized carbons (Fsp3) is 0. The zero-order valence-electron chi connectivity index (χ0n) is 12.2. The van der Waals surface area contributed by atoms with Crippen LogP contribution in [0.25, 0.3) is 22.6 Å². The molecular weight excluding hydrogens is 347 g/mol. The monoisotopic (exact) mass is 356 g/mol. The van der Waals surface area contributed by atoms with E-state index in [1.807, 2.05) is 6.07 Å². The van der Waals surface area contributed by atoms with Crippen molar-refractivity contribution in [3.63, 3.8) is 0 Å². The van der Waals surface area contributed by atoms with Gasteiger partial charge >= 0.3 is 5.97 Å². The van der Waals surface area contributed by atoms with Crippen LogP contribution in [0.1, 0.15) is 21.6 Å². The standard InChI is InChI=1S/C18H10Cl2N2O2/c19-12-7-14(20)16-13(17(18(23)24)22-15(16)8-12)6-11(9-21)10-4-2-1-3-5-10/h1-8,22H,(H,23,24). The number of carbonyl (C=O) groups is 1. The van der Waals surface area contributed by atoms with Crippen molar-refractivity contribution in [3.8, 4) is 6.07 Å². The van der Waals surface area contributed by atoms with Crippen LogP contribution in [-0.4, -0.2) is 16.1 Å². The van der Waals surface area contributed by atoms with Gasteiger partial charge in [0.2, 0.25) is 0 Å². The molecule has 6 heteroatoms. The number of fused-ring (bicyclic) bond motifs is 1. The van der Waals surface area contributed by atoms with Crippen molar-refractivity contribution in [2.75, 3.05) is 0 Å². The number of aromatic carboxylic acids is 1. The van der Waals surface area contributed by atoms with Crippen molar-refractivity contribution >= 4 is 51.7 Å². The van der Waals surface area contributed by atoms with Crippen molar-refractivity contribution in [3.05, 3.63) is 69.3 Å². The first-order valence-corrected chi connectivity index (χ1v) is 7.68. The average Bonchev–Trinajstić information content (AvgIpc) is 2.92. The Labute approximate surface area is 147 Å². The van der Waals surface area contributed by atoms with Crippen molar-refractivity contribution in [2.45, 2.75) is 0 Å². The summed E-state index contributed by atoms with van der Waals surface area (Å²) >= 11 is 12.2. The van der Waals surface area contributed by atoms with E-state index in [1.54, 1.807) is 30.3 Å². The highest BCUT2D eigenvalue weighted by Gasteiger charge is 2.19. The van der Waals surface area contributed by atoms with E-state index in [0.717, 1.165) is 0 Å². The molecule has 0 fully saturated rings. The first-order valence-electron chi connectivity index (χ1n) is 6.92. The minimum Gasteiger partial charge on any atom is -0.477 e. The molecule has 0 aliphatic heterocycles. The zero-order chi connectivity index (χ0) is 17.3. The zero-order valence-corrected chi connectivity index (χ0v) is 13.7. The third kappa shape index (κ3) is 2.88. The van der Waals surface area contributed by atoms with E-state index in [1.165, 1.54) is 12.1 Å². The molecule has 0 atom stereocenters. The van der Waals surface area contributed by atoms with Crippen LogP contribution >= 0.6 is 23.2 Å². The molecule has 0 saturated heterocycles. The number of rotatable bonds is 3.